The highest BCUT2D eigenvalue weighted by Crippen LogP contribution is 2.55. The van der Waals surface area contributed by atoms with Crippen LogP contribution in [-0.2, 0) is 17.0 Å². The number of alkyl halides is 3. The van der Waals surface area contributed by atoms with Crippen molar-refractivity contribution < 1.29 is 22.7 Å². The Morgan fingerprint density at radius 3 is 2.13 bits per heavy atom. The van der Waals surface area contributed by atoms with Gasteiger partial charge in [-0.15, -0.1) is 0 Å². The zero-order chi connectivity index (χ0) is 28.3. The highest BCUT2D eigenvalue weighted by Gasteiger charge is 2.47. The predicted molar refractivity (Wildman–Crippen MR) is 149 cm³/mol. The van der Waals surface area contributed by atoms with Crippen LogP contribution in [0.4, 0.5) is 13.2 Å². The van der Waals surface area contributed by atoms with Gasteiger partial charge in [0.2, 0.25) is 0 Å². The Bertz CT molecular complexity index is 1160. The molecule has 1 saturated carbocycles. The molecule has 0 aliphatic heterocycles. The second-order valence-electron chi connectivity index (χ2n) is 13.5. The zero-order valence-electron chi connectivity index (χ0n) is 24.2. The molecule has 0 unspecified atom stereocenters. The maximum absolute atomic E-state index is 13.2. The van der Waals surface area contributed by atoms with Crippen LogP contribution in [0.5, 0.6) is 0 Å². The fourth-order valence-corrected chi connectivity index (χ4v) is 7.52. The molecule has 0 bridgehead atoms. The first-order valence-corrected chi connectivity index (χ1v) is 16.9. The minimum atomic E-state index is -4.42. The number of fused-ring (bicyclic) bond motifs is 1. The van der Waals surface area contributed by atoms with Crippen LogP contribution in [-0.4, -0.2) is 18.4 Å². The third kappa shape index (κ3) is 5.48. The highest BCUT2D eigenvalue weighted by molar-refractivity contribution is 6.74. The maximum atomic E-state index is 13.2. The smallest absolute Gasteiger partial charge is 0.410 e. The van der Waals surface area contributed by atoms with Crippen LogP contribution < -0.4 is 0 Å². The fraction of sp³-hybridized carbons (Fsp3) is 0.645. The van der Waals surface area contributed by atoms with Crippen molar-refractivity contribution in [1.82, 2.24) is 4.98 Å². The molecule has 1 heterocycles. The number of hydrogen-bond donors (Lipinski definition) is 1. The van der Waals surface area contributed by atoms with E-state index in [0.717, 1.165) is 47.5 Å². The van der Waals surface area contributed by atoms with Crippen LogP contribution in [0.2, 0.25) is 18.1 Å². The topological polar surface area (TPSA) is 42.4 Å². The van der Waals surface area contributed by atoms with Gasteiger partial charge in [0.05, 0.1) is 11.7 Å². The third-order valence-electron chi connectivity index (χ3n) is 9.41. The van der Waals surface area contributed by atoms with Gasteiger partial charge in [-0.2, -0.15) is 13.2 Å². The van der Waals surface area contributed by atoms with Crippen LogP contribution in [0.25, 0.3) is 0 Å². The summed E-state index contributed by atoms with van der Waals surface area (Å²) in [5, 5.41) is 11.6. The van der Waals surface area contributed by atoms with Gasteiger partial charge in [0.1, 0.15) is 6.10 Å². The SMILES string of the molecule is Cc1c([C@H](O)c2ccc(C(F)(F)F)cc2)c(C(C)C)nc2c1[C@@H](O[Si](C)(C)C(C)(C)C)CC1(CCCC1)C2. The summed E-state index contributed by atoms with van der Waals surface area (Å²) >= 11 is 0. The van der Waals surface area contributed by atoms with Gasteiger partial charge in [0.25, 0.3) is 0 Å². The number of aliphatic hydroxyl groups excluding tert-OH is 1. The quantitative estimate of drug-likeness (QED) is 0.380. The van der Waals surface area contributed by atoms with Crippen molar-refractivity contribution in [1.29, 1.82) is 0 Å². The number of rotatable bonds is 5. The van der Waals surface area contributed by atoms with Crippen molar-refractivity contribution in [3.8, 4) is 0 Å². The van der Waals surface area contributed by atoms with E-state index in [1.54, 1.807) is 0 Å². The molecule has 1 fully saturated rings. The van der Waals surface area contributed by atoms with E-state index in [1.807, 2.05) is 6.92 Å². The van der Waals surface area contributed by atoms with E-state index in [2.05, 4.69) is 47.7 Å². The summed E-state index contributed by atoms with van der Waals surface area (Å²) in [7, 11) is -2.12. The van der Waals surface area contributed by atoms with Crippen molar-refractivity contribution in [3.05, 3.63) is 63.5 Å². The fourth-order valence-electron chi connectivity index (χ4n) is 6.25. The van der Waals surface area contributed by atoms with Gasteiger partial charge in [-0.1, -0.05) is 59.6 Å². The van der Waals surface area contributed by atoms with Crippen molar-refractivity contribution in [2.45, 2.75) is 123 Å². The first kappa shape index (κ1) is 29.3. The monoisotopic (exact) mass is 547 g/mol. The molecule has 1 spiro atoms. The summed E-state index contributed by atoms with van der Waals surface area (Å²) in [6, 6.07) is 4.85. The first-order chi connectivity index (χ1) is 17.5. The van der Waals surface area contributed by atoms with Crippen LogP contribution >= 0.6 is 0 Å². The average Bonchev–Trinajstić information content (AvgIpc) is 3.23. The molecule has 3 nitrogen and oxygen atoms in total. The lowest BCUT2D eigenvalue weighted by molar-refractivity contribution is -0.137. The van der Waals surface area contributed by atoms with Gasteiger partial charge in [0.15, 0.2) is 8.32 Å². The van der Waals surface area contributed by atoms with Gasteiger partial charge in [0, 0.05) is 22.5 Å². The first-order valence-electron chi connectivity index (χ1n) is 14.0. The van der Waals surface area contributed by atoms with Crippen LogP contribution in [0.1, 0.15) is 124 Å². The summed E-state index contributed by atoms with van der Waals surface area (Å²) in [5.74, 6) is 0.0549. The van der Waals surface area contributed by atoms with Crippen LogP contribution in [0.15, 0.2) is 24.3 Å². The normalized spacial score (nSPS) is 20.7. The summed E-state index contributed by atoms with van der Waals surface area (Å²) in [6.45, 7) is 17.5. The molecule has 0 saturated heterocycles. The molecule has 38 heavy (non-hydrogen) atoms. The number of pyridine rings is 1. The Labute approximate surface area is 227 Å². The van der Waals surface area contributed by atoms with Crippen LogP contribution in [0.3, 0.4) is 0 Å². The number of benzene rings is 1. The molecule has 1 N–H and O–H groups in total. The molecule has 1 aromatic heterocycles. The summed E-state index contributed by atoms with van der Waals surface area (Å²) < 4.78 is 46.6. The Kier molecular flexibility index (Phi) is 7.74. The van der Waals surface area contributed by atoms with Crippen molar-refractivity contribution in [2.75, 3.05) is 0 Å². The van der Waals surface area contributed by atoms with Gasteiger partial charge in [-0.3, -0.25) is 4.98 Å². The Balaban J connectivity index is 1.86. The van der Waals surface area contributed by atoms with E-state index in [1.165, 1.54) is 37.8 Å². The van der Waals surface area contributed by atoms with E-state index >= 15 is 0 Å². The second-order valence-corrected chi connectivity index (χ2v) is 18.3. The number of nitrogens with zero attached hydrogens (tertiary/aromatic N) is 1. The van der Waals surface area contributed by atoms with Gasteiger partial charge in [-0.25, -0.2) is 0 Å². The largest absolute Gasteiger partial charge is 0.416 e. The molecular weight excluding hydrogens is 503 g/mol. The van der Waals surface area contributed by atoms with Crippen molar-refractivity contribution >= 4 is 8.32 Å². The van der Waals surface area contributed by atoms with Crippen molar-refractivity contribution in [3.63, 3.8) is 0 Å². The predicted octanol–water partition coefficient (Wildman–Crippen LogP) is 9.18. The maximum Gasteiger partial charge on any atom is 0.416 e. The molecule has 0 amide bonds. The van der Waals surface area contributed by atoms with Gasteiger partial charge >= 0.3 is 6.18 Å². The second kappa shape index (κ2) is 10.0. The Morgan fingerprint density at radius 1 is 1.05 bits per heavy atom. The van der Waals surface area contributed by atoms with E-state index < -0.39 is 26.2 Å². The number of halogens is 3. The van der Waals surface area contributed by atoms with E-state index in [4.69, 9.17) is 9.41 Å². The number of aromatic nitrogens is 1. The molecule has 2 aliphatic carbocycles. The minimum absolute atomic E-state index is 0.0508. The highest BCUT2D eigenvalue weighted by atomic mass is 28.4. The summed E-state index contributed by atoms with van der Waals surface area (Å²) in [4.78, 5) is 5.23. The standard InChI is InChI=1S/C31H44F3NO2Si/c1-19(2)27-26(28(36)21-11-13-22(14-12-21)31(32,33)34)20(3)25-23(35-27)17-30(15-9-10-16-30)18-24(25)37-38(7,8)29(4,5)6/h11-14,19,24,28,36H,9-10,15-18H2,1-8H3/t24-,28+/m0/s1. The van der Waals surface area contributed by atoms with E-state index in [9.17, 15) is 18.3 Å². The van der Waals surface area contributed by atoms with Crippen LogP contribution in [0, 0.1) is 12.3 Å². The zero-order valence-corrected chi connectivity index (χ0v) is 25.2. The molecule has 210 valence electrons. The Hall–Kier alpha value is -1.70. The molecular formula is C31H44F3NO2Si. The lowest BCUT2D eigenvalue weighted by atomic mass is 9.69. The molecule has 2 aliphatic rings. The van der Waals surface area contributed by atoms with E-state index in [0.29, 0.717) is 11.1 Å². The summed E-state index contributed by atoms with van der Waals surface area (Å²) in [5.41, 5.74) is 4.63. The number of hydrogen-bond acceptors (Lipinski definition) is 3. The number of aliphatic hydroxyl groups is 1. The lowest BCUT2D eigenvalue weighted by Gasteiger charge is -2.46. The minimum Gasteiger partial charge on any atom is -0.410 e. The molecule has 0 radical (unpaired) electrons. The molecule has 1 aromatic carbocycles. The molecule has 2 aromatic rings. The molecule has 2 atom stereocenters. The Morgan fingerprint density at radius 2 is 1.63 bits per heavy atom. The third-order valence-corrected chi connectivity index (χ3v) is 13.9. The lowest BCUT2D eigenvalue weighted by Crippen LogP contribution is -2.44. The molecule has 7 heteroatoms. The van der Waals surface area contributed by atoms with Crippen molar-refractivity contribution in [2.24, 2.45) is 5.41 Å². The summed E-state index contributed by atoms with van der Waals surface area (Å²) in [6.07, 6.45) is 1.18. The average molecular weight is 548 g/mol. The van der Waals surface area contributed by atoms with Gasteiger partial charge in [-0.05, 0) is 85.3 Å². The van der Waals surface area contributed by atoms with Gasteiger partial charge < -0.3 is 9.53 Å². The molecule has 4 rings (SSSR count). The van der Waals surface area contributed by atoms with E-state index in [-0.39, 0.29) is 22.5 Å².